The standard InChI is InChI=1S/C12H14N2O/c1-9-13-7-12(14-9)11-6-4-3-5-10(11)8-15-2/h3-7H,8H2,1-2H3,(H,13,14). The molecule has 3 heteroatoms. The largest absolute Gasteiger partial charge is 0.380 e. The van der Waals surface area contributed by atoms with Crippen LogP contribution in [0.5, 0.6) is 0 Å². The van der Waals surface area contributed by atoms with Crippen LogP contribution >= 0.6 is 0 Å². The molecule has 1 N–H and O–H groups in total. The first-order valence-corrected chi connectivity index (χ1v) is 4.90. The number of hydrogen-bond donors (Lipinski definition) is 1. The maximum absolute atomic E-state index is 5.16. The fraction of sp³-hybridized carbons (Fsp3) is 0.250. The number of nitrogens with one attached hydrogen (secondary N) is 1. The van der Waals surface area contributed by atoms with Gasteiger partial charge >= 0.3 is 0 Å². The molecule has 2 rings (SSSR count). The molecule has 0 spiro atoms. The summed E-state index contributed by atoms with van der Waals surface area (Å²) in [5.74, 6) is 0.928. The number of aromatic amines is 1. The first-order chi connectivity index (χ1) is 7.31. The second-order valence-corrected chi connectivity index (χ2v) is 3.47. The highest BCUT2D eigenvalue weighted by atomic mass is 16.5. The zero-order valence-electron chi connectivity index (χ0n) is 8.95. The van der Waals surface area contributed by atoms with E-state index >= 15 is 0 Å². The smallest absolute Gasteiger partial charge is 0.103 e. The lowest BCUT2D eigenvalue weighted by Crippen LogP contribution is -1.91. The van der Waals surface area contributed by atoms with Crippen LogP contribution in [0.1, 0.15) is 11.4 Å². The lowest BCUT2D eigenvalue weighted by molar-refractivity contribution is 0.185. The third kappa shape index (κ3) is 2.07. The molecule has 1 heterocycles. The number of nitrogens with zero attached hydrogens (tertiary/aromatic N) is 1. The zero-order chi connectivity index (χ0) is 10.7. The van der Waals surface area contributed by atoms with Gasteiger partial charge in [-0.3, -0.25) is 0 Å². The highest BCUT2D eigenvalue weighted by Gasteiger charge is 2.05. The first kappa shape index (κ1) is 9.93. The van der Waals surface area contributed by atoms with Crippen molar-refractivity contribution in [2.24, 2.45) is 0 Å². The number of methoxy groups -OCH3 is 1. The van der Waals surface area contributed by atoms with Gasteiger partial charge in [0.2, 0.25) is 0 Å². The van der Waals surface area contributed by atoms with Crippen LogP contribution in [-0.2, 0) is 11.3 Å². The normalized spacial score (nSPS) is 10.5. The van der Waals surface area contributed by atoms with E-state index in [2.05, 4.69) is 22.1 Å². The van der Waals surface area contributed by atoms with E-state index in [1.165, 1.54) is 5.56 Å². The Morgan fingerprint density at radius 2 is 2.13 bits per heavy atom. The molecule has 2 aromatic rings. The van der Waals surface area contributed by atoms with E-state index in [-0.39, 0.29) is 0 Å². The molecule has 1 aromatic carbocycles. The SMILES string of the molecule is COCc1ccccc1-c1cnc(C)[nH]1. The van der Waals surface area contributed by atoms with E-state index in [9.17, 15) is 0 Å². The first-order valence-electron chi connectivity index (χ1n) is 4.90. The Kier molecular flexibility index (Phi) is 2.83. The van der Waals surface area contributed by atoms with Crippen LogP contribution in [-0.4, -0.2) is 17.1 Å². The van der Waals surface area contributed by atoms with Crippen LogP contribution in [0, 0.1) is 6.92 Å². The van der Waals surface area contributed by atoms with E-state index in [0.717, 1.165) is 17.1 Å². The van der Waals surface area contributed by atoms with Gasteiger partial charge in [0.1, 0.15) is 5.82 Å². The maximum Gasteiger partial charge on any atom is 0.103 e. The van der Waals surface area contributed by atoms with Crippen LogP contribution in [0.4, 0.5) is 0 Å². The lowest BCUT2D eigenvalue weighted by Gasteiger charge is -2.06. The van der Waals surface area contributed by atoms with E-state index in [1.54, 1.807) is 7.11 Å². The van der Waals surface area contributed by atoms with Crippen LogP contribution in [0.25, 0.3) is 11.3 Å². The third-order valence-electron chi connectivity index (χ3n) is 2.31. The van der Waals surface area contributed by atoms with Gasteiger partial charge < -0.3 is 9.72 Å². The van der Waals surface area contributed by atoms with Gasteiger partial charge in [-0.2, -0.15) is 0 Å². The van der Waals surface area contributed by atoms with Gasteiger partial charge in [-0.25, -0.2) is 4.98 Å². The summed E-state index contributed by atoms with van der Waals surface area (Å²) in [7, 11) is 1.70. The number of aryl methyl sites for hydroxylation is 1. The molecule has 0 aliphatic heterocycles. The van der Waals surface area contributed by atoms with Crippen molar-refractivity contribution in [3.8, 4) is 11.3 Å². The number of imidazole rings is 1. The molecular weight excluding hydrogens is 188 g/mol. The number of hydrogen-bond acceptors (Lipinski definition) is 2. The number of ether oxygens (including phenoxy) is 1. The highest BCUT2D eigenvalue weighted by Crippen LogP contribution is 2.22. The highest BCUT2D eigenvalue weighted by molar-refractivity contribution is 5.62. The van der Waals surface area contributed by atoms with Crippen molar-refractivity contribution in [2.45, 2.75) is 13.5 Å². The lowest BCUT2D eigenvalue weighted by atomic mass is 10.1. The van der Waals surface area contributed by atoms with Crippen molar-refractivity contribution in [3.05, 3.63) is 41.9 Å². The Morgan fingerprint density at radius 1 is 1.33 bits per heavy atom. The number of rotatable bonds is 3. The molecular formula is C12H14N2O. The van der Waals surface area contributed by atoms with Gasteiger partial charge in [0.25, 0.3) is 0 Å². The minimum Gasteiger partial charge on any atom is -0.380 e. The molecule has 15 heavy (non-hydrogen) atoms. The van der Waals surface area contributed by atoms with Gasteiger partial charge in [0.15, 0.2) is 0 Å². The van der Waals surface area contributed by atoms with E-state index in [0.29, 0.717) is 6.61 Å². The van der Waals surface area contributed by atoms with Gasteiger partial charge in [-0.1, -0.05) is 24.3 Å². The fourth-order valence-corrected chi connectivity index (χ4v) is 1.62. The molecule has 0 unspecified atom stereocenters. The summed E-state index contributed by atoms with van der Waals surface area (Å²) < 4.78 is 5.16. The summed E-state index contributed by atoms with van der Waals surface area (Å²) in [5, 5.41) is 0. The summed E-state index contributed by atoms with van der Waals surface area (Å²) in [5.41, 5.74) is 3.36. The number of aromatic nitrogens is 2. The molecule has 1 aromatic heterocycles. The topological polar surface area (TPSA) is 37.9 Å². The molecule has 0 aliphatic carbocycles. The predicted molar refractivity (Wildman–Crippen MR) is 59.5 cm³/mol. The Morgan fingerprint density at radius 3 is 2.80 bits per heavy atom. The van der Waals surface area contributed by atoms with Crippen molar-refractivity contribution < 1.29 is 4.74 Å². The van der Waals surface area contributed by atoms with Crippen molar-refractivity contribution in [1.82, 2.24) is 9.97 Å². The average molecular weight is 202 g/mol. The Bertz CT molecular complexity index is 448. The monoisotopic (exact) mass is 202 g/mol. The Balaban J connectivity index is 2.42. The van der Waals surface area contributed by atoms with E-state index in [1.807, 2.05) is 25.3 Å². The van der Waals surface area contributed by atoms with Crippen LogP contribution in [0.3, 0.4) is 0 Å². The molecule has 0 saturated carbocycles. The second-order valence-electron chi connectivity index (χ2n) is 3.47. The van der Waals surface area contributed by atoms with Crippen molar-refractivity contribution in [1.29, 1.82) is 0 Å². The minimum atomic E-state index is 0.619. The molecule has 0 amide bonds. The molecule has 0 fully saturated rings. The van der Waals surface area contributed by atoms with Crippen molar-refractivity contribution in [2.75, 3.05) is 7.11 Å². The molecule has 0 saturated heterocycles. The maximum atomic E-state index is 5.16. The number of H-pyrrole nitrogens is 1. The quantitative estimate of drug-likeness (QED) is 0.830. The fourth-order valence-electron chi connectivity index (χ4n) is 1.62. The summed E-state index contributed by atoms with van der Waals surface area (Å²) in [4.78, 5) is 7.42. The van der Waals surface area contributed by atoms with Crippen LogP contribution < -0.4 is 0 Å². The predicted octanol–water partition coefficient (Wildman–Crippen LogP) is 2.53. The van der Waals surface area contributed by atoms with Gasteiger partial charge in [-0.05, 0) is 12.5 Å². The van der Waals surface area contributed by atoms with E-state index < -0.39 is 0 Å². The summed E-state index contributed by atoms with van der Waals surface area (Å²) in [6.07, 6.45) is 1.85. The van der Waals surface area contributed by atoms with E-state index in [4.69, 9.17) is 4.74 Å². The summed E-state index contributed by atoms with van der Waals surface area (Å²) >= 11 is 0. The van der Waals surface area contributed by atoms with Gasteiger partial charge in [0, 0.05) is 12.7 Å². The molecule has 0 radical (unpaired) electrons. The molecule has 0 bridgehead atoms. The molecule has 0 atom stereocenters. The molecule has 3 nitrogen and oxygen atoms in total. The van der Waals surface area contributed by atoms with Gasteiger partial charge in [0.05, 0.1) is 18.5 Å². The zero-order valence-corrected chi connectivity index (χ0v) is 8.95. The summed E-state index contributed by atoms with van der Waals surface area (Å²) in [6.45, 7) is 2.57. The van der Waals surface area contributed by atoms with Gasteiger partial charge in [-0.15, -0.1) is 0 Å². The van der Waals surface area contributed by atoms with Crippen LogP contribution in [0.15, 0.2) is 30.5 Å². The number of benzene rings is 1. The Hall–Kier alpha value is -1.61. The minimum absolute atomic E-state index is 0.619. The summed E-state index contributed by atoms with van der Waals surface area (Å²) in [6, 6.07) is 8.17. The van der Waals surface area contributed by atoms with Crippen molar-refractivity contribution in [3.63, 3.8) is 0 Å². The second kappa shape index (κ2) is 4.28. The average Bonchev–Trinajstić information content (AvgIpc) is 2.66. The molecule has 78 valence electrons. The third-order valence-corrected chi connectivity index (χ3v) is 2.31. The molecule has 0 aliphatic rings. The Labute approximate surface area is 89.1 Å². The van der Waals surface area contributed by atoms with Crippen molar-refractivity contribution >= 4 is 0 Å². The van der Waals surface area contributed by atoms with Crippen LogP contribution in [0.2, 0.25) is 0 Å².